The van der Waals surface area contributed by atoms with Crippen LogP contribution in [0.4, 0.5) is 5.69 Å². The quantitative estimate of drug-likeness (QED) is 0.702. The number of hydrogen-bond donors (Lipinski definition) is 1. The molecule has 0 aliphatic carbocycles. The van der Waals surface area contributed by atoms with Crippen LogP contribution in [0, 0.1) is 6.92 Å². The number of anilines is 1. The summed E-state index contributed by atoms with van der Waals surface area (Å²) < 4.78 is 5.21. The summed E-state index contributed by atoms with van der Waals surface area (Å²) in [6.45, 7) is 1.82. The molecule has 0 bridgehead atoms. The highest BCUT2D eigenvalue weighted by atomic mass is 35.5. The molecule has 0 unspecified atom stereocenters. The van der Waals surface area contributed by atoms with E-state index in [1.54, 1.807) is 36.4 Å². The Hall–Kier alpha value is -2.37. The van der Waals surface area contributed by atoms with Gasteiger partial charge in [0.15, 0.2) is 11.5 Å². The van der Waals surface area contributed by atoms with Crippen LogP contribution in [0.15, 0.2) is 47.1 Å². The van der Waals surface area contributed by atoms with Gasteiger partial charge in [-0.05, 0) is 42.8 Å². The molecule has 5 nitrogen and oxygen atoms in total. The molecule has 1 aromatic carbocycles. The maximum atomic E-state index is 12.2. The van der Waals surface area contributed by atoms with Crippen molar-refractivity contribution in [1.82, 2.24) is 10.1 Å². The number of nitrogens with one attached hydrogen (secondary N) is 1. The van der Waals surface area contributed by atoms with Crippen molar-refractivity contribution in [2.24, 2.45) is 0 Å². The molecule has 7 heteroatoms. The zero-order valence-corrected chi connectivity index (χ0v) is 13.5. The molecule has 116 valence electrons. The molecule has 0 spiro atoms. The Morgan fingerprint density at radius 1 is 1.17 bits per heavy atom. The summed E-state index contributed by atoms with van der Waals surface area (Å²) in [5.41, 5.74) is 2.32. The third-order valence-electron chi connectivity index (χ3n) is 3.20. The van der Waals surface area contributed by atoms with Crippen molar-refractivity contribution in [1.29, 1.82) is 0 Å². The number of hydrogen-bond acceptors (Lipinski definition) is 4. The third-order valence-corrected chi connectivity index (χ3v) is 3.66. The molecular formula is C16H11Cl2N3O2. The highest BCUT2D eigenvalue weighted by molar-refractivity contribution is 6.30. The summed E-state index contributed by atoms with van der Waals surface area (Å²) in [6, 6.07) is 10.3. The van der Waals surface area contributed by atoms with Crippen molar-refractivity contribution in [2.75, 3.05) is 5.32 Å². The number of pyridine rings is 1. The second kappa shape index (κ2) is 6.40. The van der Waals surface area contributed by atoms with Crippen LogP contribution in [0.1, 0.15) is 16.1 Å². The van der Waals surface area contributed by atoms with Gasteiger partial charge in [0.05, 0.1) is 11.9 Å². The van der Waals surface area contributed by atoms with Gasteiger partial charge in [-0.25, -0.2) is 4.98 Å². The number of amides is 1. The summed E-state index contributed by atoms with van der Waals surface area (Å²) in [5.74, 6) is 0.0963. The van der Waals surface area contributed by atoms with Gasteiger partial charge in [0, 0.05) is 16.7 Å². The molecule has 0 fully saturated rings. The molecule has 23 heavy (non-hydrogen) atoms. The molecule has 1 amide bonds. The smallest absolute Gasteiger partial charge is 0.277 e. The predicted octanol–water partition coefficient (Wildman–Crippen LogP) is 4.60. The minimum Gasteiger partial charge on any atom is -0.355 e. The molecule has 0 saturated heterocycles. The van der Waals surface area contributed by atoms with Gasteiger partial charge in [-0.3, -0.25) is 4.79 Å². The van der Waals surface area contributed by atoms with Crippen LogP contribution in [-0.4, -0.2) is 16.0 Å². The lowest BCUT2D eigenvalue weighted by molar-refractivity contribution is 0.101. The van der Waals surface area contributed by atoms with E-state index in [9.17, 15) is 4.79 Å². The number of aromatic nitrogens is 2. The summed E-state index contributed by atoms with van der Waals surface area (Å²) >= 11 is 11.6. The summed E-state index contributed by atoms with van der Waals surface area (Å²) in [4.78, 5) is 16.2. The fraction of sp³-hybridized carbons (Fsp3) is 0.0625. The number of aryl methyl sites for hydroxylation is 1. The van der Waals surface area contributed by atoms with E-state index in [1.807, 2.05) is 6.92 Å². The van der Waals surface area contributed by atoms with Crippen LogP contribution in [0.25, 0.3) is 11.3 Å². The third kappa shape index (κ3) is 3.52. The van der Waals surface area contributed by atoms with Gasteiger partial charge < -0.3 is 9.84 Å². The first-order valence-electron chi connectivity index (χ1n) is 6.69. The van der Waals surface area contributed by atoms with Crippen molar-refractivity contribution in [2.45, 2.75) is 6.92 Å². The van der Waals surface area contributed by atoms with E-state index in [-0.39, 0.29) is 11.6 Å². The van der Waals surface area contributed by atoms with E-state index in [1.165, 1.54) is 6.20 Å². The first-order chi connectivity index (χ1) is 11.0. The zero-order chi connectivity index (χ0) is 16.4. The van der Waals surface area contributed by atoms with Crippen molar-refractivity contribution in [3.63, 3.8) is 0 Å². The second-order valence-corrected chi connectivity index (χ2v) is 5.68. The Bertz CT molecular complexity index is 860. The van der Waals surface area contributed by atoms with Gasteiger partial charge in [0.2, 0.25) is 0 Å². The van der Waals surface area contributed by atoms with Gasteiger partial charge in [-0.2, -0.15) is 0 Å². The molecule has 0 radical (unpaired) electrons. The molecule has 2 heterocycles. The summed E-state index contributed by atoms with van der Waals surface area (Å²) in [6.07, 6.45) is 1.50. The Labute approximate surface area is 142 Å². The van der Waals surface area contributed by atoms with Crippen LogP contribution >= 0.6 is 23.2 Å². The number of rotatable bonds is 3. The Morgan fingerprint density at radius 3 is 2.61 bits per heavy atom. The lowest BCUT2D eigenvalue weighted by atomic mass is 10.1. The highest BCUT2D eigenvalue weighted by Crippen LogP contribution is 2.23. The average molecular weight is 348 g/mol. The number of carbonyl (C=O) groups is 1. The van der Waals surface area contributed by atoms with Crippen molar-refractivity contribution >= 4 is 34.8 Å². The number of benzene rings is 1. The average Bonchev–Trinajstić information content (AvgIpc) is 3.01. The molecule has 0 saturated carbocycles. The largest absolute Gasteiger partial charge is 0.355 e. The molecule has 1 N–H and O–H groups in total. The normalized spacial score (nSPS) is 10.6. The van der Waals surface area contributed by atoms with E-state index in [2.05, 4.69) is 15.5 Å². The molecule has 3 rings (SSSR count). The topological polar surface area (TPSA) is 68.0 Å². The Balaban J connectivity index is 1.79. The van der Waals surface area contributed by atoms with Crippen molar-refractivity contribution in [3.8, 4) is 11.3 Å². The van der Waals surface area contributed by atoms with Gasteiger partial charge in [0.1, 0.15) is 5.15 Å². The number of halogens is 2. The summed E-state index contributed by atoms with van der Waals surface area (Å²) in [5, 5.41) is 7.51. The lowest BCUT2D eigenvalue weighted by Gasteiger charge is -2.05. The zero-order valence-electron chi connectivity index (χ0n) is 12.0. The van der Waals surface area contributed by atoms with Crippen LogP contribution in [0.2, 0.25) is 10.2 Å². The molecule has 0 aliphatic rings. The highest BCUT2D eigenvalue weighted by Gasteiger charge is 2.15. The van der Waals surface area contributed by atoms with E-state index < -0.39 is 0 Å². The van der Waals surface area contributed by atoms with Crippen LogP contribution in [-0.2, 0) is 0 Å². The maximum Gasteiger partial charge on any atom is 0.277 e. The maximum absolute atomic E-state index is 12.2. The Kier molecular flexibility index (Phi) is 4.32. The van der Waals surface area contributed by atoms with Crippen molar-refractivity contribution < 1.29 is 9.32 Å². The van der Waals surface area contributed by atoms with Gasteiger partial charge in [0.25, 0.3) is 5.91 Å². The lowest BCUT2D eigenvalue weighted by Crippen LogP contribution is -2.13. The molecule has 2 aromatic heterocycles. The van der Waals surface area contributed by atoms with Crippen LogP contribution < -0.4 is 5.32 Å². The number of carbonyl (C=O) groups excluding carboxylic acids is 1. The number of nitrogens with zero attached hydrogens (tertiary/aromatic N) is 2. The predicted molar refractivity (Wildman–Crippen MR) is 88.9 cm³/mol. The molecule has 0 aliphatic heterocycles. The van der Waals surface area contributed by atoms with Gasteiger partial charge in [-0.1, -0.05) is 28.4 Å². The van der Waals surface area contributed by atoms with Crippen LogP contribution in [0.5, 0.6) is 0 Å². The standard InChI is InChI=1S/C16H11Cl2N3O2/c1-9-6-15(18)19-8-13(9)20-16(22)12-7-14(23-21-12)10-2-4-11(17)5-3-10/h2-8H,1H3,(H,20,22). The van der Waals surface area contributed by atoms with E-state index in [4.69, 9.17) is 27.7 Å². The molecule has 0 atom stereocenters. The summed E-state index contributed by atoms with van der Waals surface area (Å²) in [7, 11) is 0. The molecule has 3 aromatic rings. The van der Waals surface area contributed by atoms with Gasteiger partial charge in [-0.15, -0.1) is 0 Å². The Morgan fingerprint density at radius 2 is 1.91 bits per heavy atom. The first kappa shape index (κ1) is 15.5. The van der Waals surface area contributed by atoms with Crippen LogP contribution in [0.3, 0.4) is 0 Å². The van der Waals surface area contributed by atoms with Gasteiger partial charge >= 0.3 is 0 Å². The molecular weight excluding hydrogens is 337 g/mol. The monoisotopic (exact) mass is 347 g/mol. The minimum atomic E-state index is -0.388. The van der Waals surface area contributed by atoms with E-state index in [0.717, 1.165) is 11.1 Å². The van der Waals surface area contributed by atoms with Crippen molar-refractivity contribution in [3.05, 3.63) is 64.0 Å². The first-order valence-corrected chi connectivity index (χ1v) is 7.44. The second-order valence-electron chi connectivity index (χ2n) is 4.86. The fourth-order valence-electron chi connectivity index (χ4n) is 1.97. The minimum absolute atomic E-state index is 0.171. The fourth-order valence-corrected chi connectivity index (χ4v) is 2.31. The SMILES string of the molecule is Cc1cc(Cl)ncc1NC(=O)c1cc(-c2ccc(Cl)cc2)on1. The van der Waals surface area contributed by atoms with E-state index >= 15 is 0 Å². The van der Waals surface area contributed by atoms with E-state index in [0.29, 0.717) is 21.6 Å².